The molecule has 0 aromatic heterocycles. The monoisotopic (exact) mass is 499 g/mol. The van der Waals surface area contributed by atoms with E-state index in [2.05, 4.69) is 24.5 Å². The Bertz CT molecular complexity index is 1060. The van der Waals surface area contributed by atoms with Gasteiger partial charge in [0.1, 0.15) is 36.1 Å². The maximum Gasteiger partial charge on any atom is 0.374 e. The van der Waals surface area contributed by atoms with Gasteiger partial charge < -0.3 is 29.4 Å². The molecule has 1 unspecified atom stereocenters. The molecular formula is C28H39N2O6+. The molecular weight excluding hydrogens is 460 g/mol. The van der Waals surface area contributed by atoms with Crippen molar-refractivity contribution in [3.63, 3.8) is 0 Å². The van der Waals surface area contributed by atoms with Crippen molar-refractivity contribution in [3.8, 4) is 17.2 Å². The summed E-state index contributed by atoms with van der Waals surface area (Å²) in [6, 6.07) is 1.81. The lowest BCUT2D eigenvalue weighted by Crippen LogP contribution is -3.07. The smallest absolute Gasteiger partial charge is 0.374 e. The number of aliphatic hydroxyl groups is 1. The maximum atomic E-state index is 12.6. The van der Waals surface area contributed by atoms with Gasteiger partial charge in [0, 0.05) is 18.1 Å². The molecule has 3 aliphatic heterocycles. The minimum Gasteiger partial charge on any atom is -0.496 e. The molecule has 0 bridgehead atoms. The van der Waals surface area contributed by atoms with Crippen LogP contribution in [0.4, 0.5) is 0 Å². The highest BCUT2D eigenvalue weighted by molar-refractivity contribution is 5.95. The van der Waals surface area contributed by atoms with Crippen molar-refractivity contribution >= 4 is 11.5 Å². The molecule has 1 aromatic carbocycles. The first-order valence-corrected chi connectivity index (χ1v) is 13.0. The number of methoxy groups -OCH3 is 1. The van der Waals surface area contributed by atoms with E-state index >= 15 is 0 Å². The Morgan fingerprint density at radius 3 is 2.83 bits per heavy atom. The summed E-state index contributed by atoms with van der Waals surface area (Å²) in [5.74, 6) is 1.36. The highest BCUT2D eigenvalue weighted by Gasteiger charge is 2.41. The van der Waals surface area contributed by atoms with E-state index < -0.39 is 11.6 Å². The van der Waals surface area contributed by atoms with Crippen molar-refractivity contribution < 1.29 is 33.7 Å². The summed E-state index contributed by atoms with van der Waals surface area (Å²) in [5.41, 5.74) is 1.56. The Balaban J connectivity index is 1.66. The van der Waals surface area contributed by atoms with Crippen LogP contribution in [0.5, 0.6) is 17.2 Å². The molecule has 0 spiro atoms. The molecule has 196 valence electrons. The SMILES string of the molecule is CCCCCC[C@](C)(O)[C@@H]1Cc2c(cc3c(c2OC)/C(=C/C[NH+]2C=CNC2)C=C(C(=O)OCC)O3)O1. The van der Waals surface area contributed by atoms with E-state index in [0.29, 0.717) is 30.1 Å². The van der Waals surface area contributed by atoms with Gasteiger partial charge >= 0.3 is 5.97 Å². The topological polar surface area (TPSA) is 90.7 Å². The van der Waals surface area contributed by atoms with Gasteiger partial charge in [-0.2, -0.15) is 0 Å². The van der Waals surface area contributed by atoms with Gasteiger partial charge in [-0.3, -0.25) is 4.90 Å². The van der Waals surface area contributed by atoms with Gasteiger partial charge in [0.25, 0.3) is 0 Å². The summed E-state index contributed by atoms with van der Waals surface area (Å²) in [7, 11) is 1.63. The molecule has 8 nitrogen and oxygen atoms in total. The molecule has 3 atom stereocenters. The van der Waals surface area contributed by atoms with Crippen molar-refractivity contribution in [2.75, 3.05) is 26.9 Å². The fourth-order valence-electron chi connectivity index (χ4n) is 4.96. The van der Waals surface area contributed by atoms with Crippen LogP contribution in [0.25, 0.3) is 5.57 Å². The Hall–Kier alpha value is -2.97. The molecule has 8 heteroatoms. The zero-order valence-electron chi connectivity index (χ0n) is 21.8. The molecule has 0 fully saturated rings. The van der Waals surface area contributed by atoms with Gasteiger partial charge in [-0.15, -0.1) is 0 Å². The first-order chi connectivity index (χ1) is 17.4. The number of benzene rings is 1. The fraction of sp³-hybridized carbons (Fsp3) is 0.536. The number of allylic oxidation sites excluding steroid dienone is 2. The minimum absolute atomic E-state index is 0.125. The number of esters is 1. The fourth-order valence-corrected chi connectivity index (χ4v) is 4.96. The van der Waals surface area contributed by atoms with Crippen molar-refractivity contribution in [2.24, 2.45) is 0 Å². The Kier molecular flexibility index (Phi) is 8.26. The number of ether oxygens (including phenoxy) is 4. The number of unbranched alkanes of at least 4 members (excludes halogenated alkanes) is 3. The van der Waals surface area contributed by atoms with Crippen molar-refractivity contribution in [1.29, 1.82) is 0 Å². The van der Waals surface area contributed by atoms with Crippen LogP contribution in [0.3, 0.4) is 0 Å². The lowest BCUT2D eigenvalue weighted by molar-refractivity contribution is -0.836. The third-order valence-corrected chi connectivity index (χ3v) is 7.02. The van der Waals surface area contributed by atoms with E-state index in [0.717, 1.165) is 55.6 Å². The van der Waals surface area contributed by atoms with Crippen molar-refractivity contribution in [2.45, 2.75) is 71.0 Å². The number of nitrogens with one attached hydrogen (secondary N) is 2. The minimum atomic E-state index is -0.968. The summed E-state index contributed by atoms with van der Waals surface area (Å²) in [6.07, 6.45) is 13.0. The lowest BCUT2D eigenvalue weighted by Gasteiger charge is -2.29. The molecule has 0 saturated carbocycles. The predicted molar refractivity (Wildman–Crippen MR) is 137 cm³/mol. The van der Waals surface area contributed by atoms with Crippen LogP contribution >= 0.6 is 0 Å². The van der Waals surface area contributed by atoms with Crippen LogP contribution in [0.2, 0.25) is 0 Å². The summed E-state index contributed by atoms with van der Waals surface area (Å²) < 4.78 is 23.4. The predicted octanol–water partition coefficient (Wildman–Crippen LogP) is 2.86. The first-order valence-electron chi connectivity index (χ1n) is 13.0. The van der Waals surface area contributed by atoms with E-state index in [-0.39, 0.29) is 18.5 Å². The third-order valence-electron chi connectivity index (χ3n) is 7.02. The van der Waals surface area contributed by atoms with Crippen molar-refractivity contribution in [3.05, 3.63) is 47.5 Å². The van der Waals surface area contributed by atoms with E-state index in [9.17, 15) is 9.90 Å². The third kappa shape index (κ3) is 5.55. The maximum absolute atomic E-state index is 12.6. The van der Waals surface area contributed by atoms with Gasteiger partial charge in [-0.1, -0.05) is 32.6 Å². The zero-order chi connectivity index (χ0) is 25.7. The van der Waals surface area contributed by atoms with Crippen LogP contribution < -0.4 is 24.4 Å². The summed E-state index contributed by atoms with van der Waals surface area (Å²) >= 11 is 0. The largest absolute Gasteiger partial charge is 0.496 e. The number of hydrogen-bond acceptors (Lipinski definition) is 7. The van der Waals surface area contributed by atoms with Crippen LogP contribution in [0.15, 0.2) is 36.4 Å². The van der Waals surface area contributed by atoms with Crippen LogP contribution in [0.1, 0.15) is 64.0 Å². The normalized spacial score (nSPS) is 22.6. The Morgan fingerprint density at radius 2 is 2.14 bits per heavy atom. The number of hydrogen-bond donors (Lipinski definition) is 3. The highest BCUT2D eigenvalue weighted by atomic mass is 16.6. The number of fused-ring (bicyclic) bond motifs is 2. The number of carbonyl (C=O) groups excluding carboxylic acids is 1. The molecule has 0 amide bonds. The number of carbonyl (C=O) groups is 1. The first kappa shape index (κ1) is 26.1. The van der Waals surface area contributed by atoms with Crippen LogP contribution in [0, 0.1) is 0 Å². The van der Waals surface area contributed by atoms with E-state index in [1.165, 1.54) is 4.90 Å². The van der Waals surface area contributed by atoms with E-state index in [1.807, 2.05) is 19.2 Å². The number of rotatable bonds is 11. The van der Waals surface area contributed by atoms with Gasteiger partial charge in [-0.05, 0) is 38.0 Å². The Labute approximate surface area is 213 Å². The highest BCUT2D eigenvalue weighted by Crippen LogP contribution is 2.50. The lowest BCUT2D eigenvalue weighted by atomic mass is 9.88. The van der Waals surface area contributed by atoms with Crippen LogP contribution in [-0.4, -0.2) is 49.7 Å². The van der Waals surface area contributed by atoms with Gasteiger partial charge in [-0.25, -0.2) is 4.79 Å². The summed E-state index contributed by atoms with van der Waals surface area (Å²) in [5, 5.41) is 14.4. The molecule has 36 heavy (non-hydrogen) atoms. The van der Waals surface area contributed by atoms with E-state index in [4.69, 9.17) is 18.9 Å². The average Bonchev–Trinajstić information content (AvgIpc) is 3.54. The molecule has 0 saturated heterocycles. The summed E-state index contributed by atoms with van der Waals surface area (Å²) in [6.45, 7) is 7.56. The van der Waals surface area contributed by atoms with Crippen molar-refractivity contribution in [1.82, 2.24) is 5.32 Å². The molecule has 0 radical (unpaired) electrons. The molecule has 3 aliphatic rings. The van der Waals surface area contributed by atoms with Gasteiger partial charge in [0.05, 0.1) is 31.1 Å². The Morgan fingerprint density at radius 1 is 1.31 bits per heavy atom. The molecule has 0 aliphatic carbocycles. The molecule has 1 aromatic rings. The summed E-state index contributed by atoms with van der Waals surface area (Å²) in [4.78, 5) is 13.8. The zero-order valence-corrected chi connectivity index (χ0v) is 21.8. The van der Waals surface area contributed by atoms with E-state index in [1.54, 1.807) is 20.1 Å². The second-order valence-corrected chi connectivity index (χ2v) is 9.81. The average molecular weight is 500 g/mol. The molecule has 4 rings (SSSR count). The second kappa shape index (κ2) is 11.4. The molecule has 3 heterocycles. The van der Waals surface area contributed by atoms with Gasteiger partial charge in [0.2, 0.25) is 5.76 Å². The van der Waals surface area contributed by atoms with Gasteiger partial charge in [0.15, 0.2) is 6.67 Å². The van der Waals surface area contributed by atoms with Crippen LogP contribution in [-0.2, 0) is 16.0 Å². The quantitative estimate of drug-likeness (QED) is 0.319. The number of quaternary nitrogens is 1. The molecule has 3 N–H and O–H groups in total. The second-order valence-electron chi connectivity index (χ2n) is 9.81. The standard InChI is InChI=1S/C28H38N2O6/c1-5-7-8-9-11-28(3,32)24-16-20-21(36-24)17-22-25(26(20)33-4)19(10-13-30-14-12-29-18-30)15-23(35-22)27(31)34-6-2/h10,12,14-15,17,24,29,32H,5-9,11,13,16,18H2,1-4H3/p+1/b19-10+/t24-,28-/m0/s1.